The van der Waals surface area contributed by atoms with Gasteiger partial charge in [-0.2, -0.15) is 4.31 Å². The SMILES string of the molecule is COCCN(C(C)C)S(=O)(=O)c1c[nH]c(CCl)c1. The van der Waals surface area contributed by atoms with E-state index < -0.39 is 10.0 Å². The normalized spacial score (nSPS) is 12.6. The Kier molecular flexibility index (Phi) is 5.65. The van der Waals surface area contributed by atoms with Crippen molar-refractivity contribution in [2.24, 2.45) is 0 Å². The van der Waals surface area contributed by atoms with Gasteiger partial charge in [0, 0.05) is 31.6 Å². The van der Waals surface area contributed by atoms with Gasteiger partial charge in [0.05, 0.1) is 17.4 Å². The van der Waals surface area contributed by atoms with Crippen molar-refractivity contribution in [3.05, 3.63) is 18.0 Å². The van der Waals surface area contributed by atoms with E-state index in [-0.39, 0.29) is 16.8 Å². The molecule has 1 aromatic rings. The summed E-state index contributed by atoms with van der Waals surface area (Å²) in [5, 5.41) is 0. The van der Waals surface area contributed by atoms with Crippen molar-refractivity contribution >= 4 is 21.6 Å². The Labute approximate surface area is 113 Å². The molecule has 7 heteroatoms. The van der Waals surface area contributed by atoms with Crippen LogP contribution in [0.3, 0.4) is 0 Å². The second kappa shape index (κ2) is 6.56. The molecule has 1 heterocycles. The Balaban J connectivity index is 3.00. The van der Waals surface area contributed by atoms with Crippen LogP contribution in [0, 0.1) is 0 Å². The highest BCUT2D eigenvalue weighted by molar-refractivity contribution is 7.89. The quantitative estimate of drug-likeness (QED) is 0.780. The monoisotopic (exact) mass is 294 g/mol. The van der Waals surface area contributed by atoms with Crippen LogP contribution in [0.25, 0.3) is 0 Å². The van der Waals surface area contributed by atoms with Gasteiger partial charge in [0.2, 0.25) is 10.0 Å². The van der Waals surface area contributed by atoms with Crippen LogP contribution in [-0.4, -0.2) is 44.0 Å². The molecule has 1 N–H and O–H groups in total. The van der Waals surface area contributed by atoms with Crippen LogP contribution in [-0.2, 0) is 20.6 Å². The van der Waals surface area contributed by atoms with Gasteiger partial charge in [0.1, 0.15) is 0 Å². The summed E-state index contributed by atoms with van der Waals surface area (Å²) in [7, 11) is -1.95. The smallest absolute Gasteiger partial charge is 0.244 e. The van der Waals surface area contributed by atoms with Crippen LogP contribution in [0.15, 0.2) is 17.2 Å². The zero-order valence-electron chi connectivity index (χ0n) is 10.8. The van der Waals surface area contributed by atoms with E-state index in [4.69, 9.17) is 16.3 Å². The summed E-state index contributed by atoms with van der Waals surface area (Å²) in [6.07, 6.45) is 1.47. The highest BCUT2D eigenvalue weighted by atomic mass is 35.5. The lowest BCUT2D eigenvalue weighted by Gasteiger charge is -2.24. The molecule has 1 aromatic heterocycles. The number of methoxy groups -OCH3 is 1. The zero-order chi connectivity index (χ0) is 13.8. The number of alkyl halides is 1. The van der Waals surface area contributed by atoms with Crippen LogP contribution in [0.2, 0.25) is 0 Å². The van der Waals surface area contributed by atoms with Crippen molar-refractivity contribution in [3.63, 3.8) is 0 Å². The number of ether oxygens (including phenoxy) is 1. The first-order chi connectivity index (χ1) is 8.43. The standard InChI is InChI=1S/C11H19ClN2O3S/c1-9(2)14(4-5-17-3)18(15,16)11-6-10(7-12)13-8-11/h6,8-9,13H,4-5,7H2,1-3H3. The fourth-order valence-corrected chi connectivity index (χ4v) is 3.41. The first-order valence-electron chi connectivity index (χ1n) is 5.67. The Morgan fingerprint density at radius 3 is 2.61 bits per heavy atom. The molecule has 0 atom stereocenters. The molecule has 18 heavy (non-hydrogen) atoms. The number of aromatic amines is 1. The molecule has 0 bridgehead atoms. The lowest BCUT2D eigenvalue weighted by molar-refractivity contribution is 0.171. The number of nitrogens with one attached hydrogen (secondary N) is 1. The van der Waals surface area contributed by atoms with E-state index in [0.717, 1.165) is 0 Å². The fourth-order valence-electron chi connectivity index (χ4n) is 1.62. The highest BCUT2D eigenvalue weighted by Gasteiger charge is 2.27. The minimum Gasteiger partial charge on any atom is -0.383 e. The number of aromatic nitrogens is 1. The van der Waals surface area contributed by atoms with Crippen molar-refractivity contribution in [1.29, 1.82) is 0 Å². The second-order valence-electron chi connectivity index (χ2n) is 4.20. The average Bonchev–Trinajstić information content (AvgIpc) is 2.77. The van der Waals surface area contributed by atoms with Gasteiger partial charge in [0.15, 0.2) is 0 Å². The number of halogens is 1. The summed E-state index contributed by atoms with van der Waals surface area (Å²) in [5.74, 6) is 0.259. The van der Waals surface area contributed by atoms with Gasteiger partial charge in [-0.15, -0.1) is 11.6 Å². The average molecular weight is 295 g/mol. The number of nitrogens with zero attached hydrogens (tertiary/aromatic N) is 1. The van der Waals surface area contributed by atoms with Gasteiger partial charge in [-0.05, 0) is 19.9 Å². The molecule has 0 aliphatic carbocycles. The summed E-state index contributed by atoms with van der Waals surface area (Å²) in [5.41, 5.74) is 0.686. The van der Waals surface area contributed by atoms with E-state index in [0.29, 0.717) is 18.8 Å². The molecule has 0 fully saturated rings. The molecule has 0 aliphatic rings. The third-order valence-electron chi connectivity index (χ3n) is 2.56. The van der Waals surface area contributed by atoms with Crippen molar-refractivity contribution in [3.8, 4) is 0 Å². The van der Waals surface area contributed by atoms with Gasteiger partial charge >= 0.3 is 0 Å². The molecule has 104 valence electrons. The van der Waals surface area contributed by atoms with Crippen LogP contribution < -0.4 is 0 Å². The predicted molar refractivity (Wildman–Crippen MR) is 71.3 cm³/mol. The highest BCUT2D eigenvalue weighted by Crippen LogP contribution is 2.19. The topological polar surface area (TPSA) is 62.4 Å². The Morgan fingerprint density at radius 2 is 2.17 bits per heavy atom. The van der Waals surface area contributed by atoms with E-state index >= 15 is 0 Å². The first-order valence-corrected chi connectivity index (χ1v) is 7.65. The number of H-pyrrole nitrogens is 1. The maximum absolute atomic E-state index is 12.4. The summed E-state index contributed by atoms with van der Waals surface area (Å²) < 4.78 is 31.2. The van der Waals surface area contributed by atoms with Crippen molar-refractivity contribution in [1.82, 2.24) is 9.29 Å². The summed E-state index contributed by atoms with van der Waals surface area (Å²) in [6, 6.07) is 1.43. The lowest BCUT2D eigenvalue weighted by Crippen LogP contribution is -2.39. The van der Waals surface area contributed by atoms with Gasteiger partial charge in [-0.25, -0.2) is 8.42 Å². The fraction of sp³-hybridized carbons (Fsp3) is 0.636. The molecule has 0 aromatic carbocycles. The largest absolute Gasteiger partial charge is 0.383 e. The van der Waals surface area contributed by atoms with Gasteiger partial charge in [-0.3, -0.25) is 0 Å². The van der Waals surface area contributed by atoms with E-state index in [1.807, 2.05) is 13.8 Å². The molecule has 0 saturated carbocycles. The molecule has 0 radical (unpaired) electrons. The predicted octanol–water partition coefficient (Wildman–Crippen LogP) is 1.80. The van der Waals surface area contributed by atoms with E-state index in [1.165, 1.54) is 10.5 Å². The van der Waals surface area contributed by atoms with Crippen LogP contribution >= 0.6 is 11.6 Å². The molecule has 0 unspecified atom stereocenters. The molecule has 0 spiro atoms. The second-order valence-corrected chi connectivity index (χ2v) is 6.35. The van der Waals surface area contributed by atoms with Crippen LogP contribution in [0.4, 0.5) is 0 Å². The van der Waals surface area contributed by atoms with Crippen molar-refractivity contribution in [2.75, 3.05) is 20.3 Å². The summed E-state index contributed by atoms with van der Waals surface area (Å²) >= 11 is 5.66. The number of rotatable bonds is 7. The Bertz CT molecular complexity index is 470. The Hall–Kier alpha value is -0.560. The van der Waals surface area contributed by atoms with Gasteiger partial charge in [0.25, 0.3) is 0 Å². The zero-order valence-corrected chi connectivity index (χ0v) is 12.4. The summed E-state index contributed by atoms with van der Waals surface area (Å²) in [4.78, 5) is 3.08. The van der Waals surface area contributed by atoms with Gasteiger partial charge in [-0.1, -0.05) is 0 Å². The van der Waals surface area contributed by atoms with E-state index in [1.54, 1.807) is 13.2 Å². The van der Waals surface area contributed by atoms with Crippen LogP contribution in [0.5, 0.6) is 0 Å². The number of hydrogen-bond donors (Lipinski definition) is 1. The minimum absolute atomic E-state index is 0.125. The molecule has 0 aliphatic heterocycles. The third-order valence-corrected chi connectivity index (χ3v) is 4.90. The molecule has 0 saturated heterocycles. The van der Waals surface area contributed by atoms with E-state index in [2.05, 4.69) is 4.98 Å². The Morgan fingerprint density at radius 1 is 1.50 bits per heavy atom. The molecule has 0 amide bonds. The number of hydrogen-bond acceptors (Lipinski definition) is 3. The van der Waals surface area contributed by atoms with Crippen molar-refractivity contribution < 1.29 is 13.2 Å². The van der Waals surface area contributed by atoms with E-state index in [9.17, 15) is 8.42 Å². The number of sulfonamides is 1. The molecule has 5 nitrogen and oxygen atoms in total. The summed E-state index contributed by atoms with van der Waals surface area (Å²) in [6.45, 7) is 4.37. The van der Waals surface area contributed by atoms with Crippen LogP contribution in [0.1, 0.15) is 19.5 Å². The first kappa shape index (κ1) is 15.5. The molecular formula is C11H19ClN2O3S. The van der Waals surface area contributed by atoms with Crippen molar-refractivity contribution in [2.45, 2.75) is 30.7 Å². The molecular weight excluding hydrogens is 276 g/mol. The van der Waals surface area contributed by atoms with Gasteiger partial charge < -0.3 is 9.72 Å². The third kappa shape index (κ3) is 3.47. The maximum atomic E-state index is 12.4. The molecule has 1 rings (SSSR count). The maximum Gasteiger partial charge on any atom is 0.244 e. The minimum atomic E-state index is -3.50. The lowest BCUT2D eigenvalue weighted by atomic mass is 10.4.